The Morgan fingerprint density at radius 1 is 0.962 bits per heavy atom. The Balaban J connectivity index is 1.51. The van der Waals surface area contributed by atoms with E-state index >= 15 is 0 Å². The second-order valence-electron chi connectivity index (χ2n) is 6.61. The maximum absolute atomic E-state index is 13.3. The van der Waals surface area contributed by atoms with Gasteiger partial charge in [-0.1, -0.05) is 30.3 Å². The molecule has 5 heteroatoms. The second kappa shape index (κ2) is 8.13. The minimum absolute atomic E-state index is 0.117. The Morgan fingerprint density at radius 2 is 1.65 bits per heavy atom. The van der Waals surface area contributed by atoms with Gasteiger partial charge in [-0.2, -0.15) is 0 Å². The first-order chi connectivity index (χ1) is 12.5. The average molecular weight is 354 g/mol. The molecular formula is C21H23FN2O2. The molecule has 0 aromatic heterocycles. The van der Waals surface area contributed by atoms with Gasteiger partial charge in [0.2, 0.25) is 5.91 Å². The normalized spacial score (nSPS) is 14.4. The van der Waals surface area contributed by atoms with Crippen molar-refractivity contribution in [3.05, 3.63) is 71.0 Å². The van der Waals surface area contributed by atoms with Crippen molar-refractivity contribution in [2.24, 2.45) is 0 Å². The molecule has 2 amide bonds. The van der Waals surface area contributed by atoms with E-state index in [1.165, 1.54) is 29.3 Å². The Labute approximate surface area is 153 Å². The van der Waals surface area contributed by atoms with Gasteiger partial charge in [0, 0.05) is 38.2 Å². The van der Waals surface area contributed by atoms with E-state index in [0.29, 0.717) is 38.2 Å². The first-order valence-corrected chi connectivity index (χ1v) is 8.92. The molecule has 0 saturated carbocycles. The largest absolute Gasteiger partial charge is 0.339 e. The summed E-state index contributed by atoms with van der Waals surface area (Å²) in [7, 11) is 0. The number of carbonyl (C=O) groups is 2. The predicted molar refractivity (Wildman–Crippen MR) is 98.4 cm³/mol. The summed E-state index contributed by atoms with van der Waals surface area (Å²) in [6.07, 6.45) is 1.20. The number of piperazine rings is 1. The molecular weight excluding hydrogens is 331 g/mol. The van der Waals surface area contributed by atoms with Gasteiger partial charge in [-0.05, 0) is 42.7 Å². The van der Waals surface area contributed by atoms with E-state index in [0.717, 1.165) is 6.42 Å². The van der Waals surface area contributed by atoms with E-state index < -0.39 is 5.82 Å². The lowest BCUT2D eigenvalue weighted by Crippen LogP contribution is -2.50. The van der Waals surface area contributed by atoms with Crippen molar-refractivity contribution in [1.29, 1.82) is 0 Å². The summed E-state index contributed by atoms with van der Waals surface area (Å²) >= 11 is 0. The first kappa shape index (κ1) is 18.1. The summed E-state index contributed by atoms with van der Waals surface area (Å²) in [5.41, 5.74) is 2.75. The van der Waals surface area contributed by atoms with Crippen molar-refractivity contribution >= 4 is 11.8 Å². The fourth-order valence-electron chi connectivity index (χ4n) is 3.25. The number of aryl methyl sites for hydroxylation is 2. The molecule has 136 valence electrons. The van der Waals surface area contributed by atoms with Crippen molar-refractivity contribution < 1.29 is 14.0 Å². The van der Waals surface area contributed by atoms with Crippen LogP contribution in [-0.4, -0.2) is 47.8 Å². The molecule has 0 aliphatic carbocycles. The highest BCUT2D eigenvalue weighted by molar-refractivity contribution is 5.94. The van der Waals surface area contributed by atoms with Crippen molar-refractivity contribution in [2.45, 2.75) is 19.8 Å². The van der Waals surface area contributed by atoms with Crippen LogP contribution in [0.2, 0.25) is 0 Å². The molecule has 0 bridgehead atoms. The van der Waals surface area contributed by atoms with Crippen LogP contribution < -0.4 is 0 Å². The number of nitrogens with zero attached hydrogens (tertiary/aromatic N) is 2. The number of carbonyl (C=O) groups excluding carboxylic acids is 2. The Morgan fingerprint density at radius 3 is 2.35 bits per heavy atom. The quantitative estimate of drug-likeness (QED) is 0.847. The summed E-state index contributed by atoms with van der Waals surface area (Å²) < 4.78 is 13.3. The molecule has 2 aromatic carbocycles. The molecule has 1 aliphatic rings. The van der Waals surface area contributed by atoms with E-state index in [-0.39, 0.29) is 11.8 Å². The summed E-state index contributed by atoms with van der Waals surface area (Å²) in [4.78, 5) is 28.4. The summed E-state index contributed by atoms with van der Waals surface area (Å²) in [6, 6.07) is 13.8. The van der Waals surface area contributed by atoms with Gasteiger partial charge in [-0.3, -0.25) is 9.59 Å². The standard InChI is InChI=1S/C21H23FN2O2/c1-16-5-2-3-6-17(16)9-10-20(25)23-11-13-24(14-12-23)21(26)18-7-4-8-19(22)15-18/h2-8,15H,9-14H2,1H3. The first-order valence-electron chi connectivity index (χ1n) is 8.92. The van der Waals surface area contributed by atoms with E-state index in [4.69, 9.17) is 0 Å². The fraction of sp³-hybridized carbons (Fsp3) is 0.333. The Hall–Kier alpha value is -2.69. The predicted octanol–water partition coefficient (Wildman–Crippen LogP) is 3.05. The number of hydrogen-bond donors (Lipinski definition) is 0. The summed E-state index contributed by atoms with van der Waals surface area (Å²) in [5.74, 6) is -0.483. The molecule has 0 N–H and O–H groups in total. The van der Waals surface area contributed by atoms with Gasteiger partial charge in [0.1, 0.15) is 5.82 Å². The third-order valence-electron chi connectivity index (χ3n) is 4.86. The number of benzene rings is 2. The van der Waals surface area contributed by atoms with Crippen molar-refractivity contribution in [1.82, 2.24) is 9.80 Å². The third-order valence-corrected chi connectivity index (χ3v) is 4.86. The Kier molecular flexibility index (Phi) is 5.66. The smallest absolute Gasteiger partial charge is 0.254 e. The number of halogens is 1. The minimum atomic E-state index is -0.416. The fourth-order valence-corrected chi connectivity index (χ4v) is 3.25. The monoisotopic (exact) mass is 354 g/mol. The molecule has 1 saturated heterocycles. The van der Waals surface area contributed by atoms with E-state index in [2.05, 4.69) is 19.1 Å². The van der Waals surface area contributed by atoms with Crippen molar-refractivity contribution in [3.8, 4) is 0 Å². The SMILES string of the molecule is Cc1ccccc1CCC(=O)N1CCN(C(=O)c2cccc(F)c2)CC1. The summed E-state index contributed by atoms with van der Waals surface area (Å²) in [6.45, 7) is 4.05. The molecule has 3 rings (SSSR count). The highest BCUT2D eigenvalue weighted by atomic mass is 19.1. The lowest BCUT2D eigenvalue weighted by molar-refractivity contribution is -0.132. The Bertz CT molecular complexity index is 798. The highest BCUT2D eigenvalue weighted by Gasteiger charge is 2.24. The average Bonchev–Trinajstić information content (AvgIpc) is 2.66. The van der Waals surface area contributed by atoms with Crippen LogP contribution in [0.3, 0.4) is 0 Å². The van der Waals surface area contributed by atoms with Gasteiger partial charge >= 0.3 is 0 Å². The zero-order valence-electron chi connectivity index (χ0n) is 15.0. The lowest BCUT2D eigenvalue weighted by atomic mass is 10.0. The number of hydrogen-bond acceptors (Lipinski definition) is 2. The maximum Gasteiger partial charge on any atom is 0.254 e. The van der Waals surface area contributed by atoms with E-state index in [1.54, 1.807) is 11.0 Å². The zero-order valence-corrected chi connectivity index (χ0v) is 15.0. The van der Waals surface area contributed by atoms with Crippen molar-refractivity contribution in [3.63, 3.8) is 0 Å². The van der Waals surface area contributed by atoms with Crippen LogP contribution in [0.1, 0.15) is 27.9 Å². The summed E-state index contributed by atoms with van der Waals surface area (Å²) in [5, 5.41) is 0. The topological polar surface area (TPSA) is 40.6 Å². The van der Waals surface area contributed by atoms with Gasteiger partial charge in [0.25, 0.3) is 5.91 Å². The van der Waals surface area contributed by atoms with Gasteiger partial charge < -0.3 is 9.80 Å². The molecule has 0 unspecified atom stereocenters. The van der Waals surface area contributed by atoms with Crippen LogP contribution in [0.15, 0.2) is 48.5 Å². The van der Waals surface area contributed by atoms with Crippen LogP contribution in [0.25, 0.3) is 0 Å². The van der Waals surface area contributed by atoms with Crippen LogP contribution in [0.4, 0.5) is 4.39 Å². The maximum atomic E-state index is 13.3. The van der Waals surface area contributed by atoms with Crippen molar-refractivity contribution in [2.75, 3.05) is 26.2 Å². The van der Waals surface area contributed by atoms with Crippen LogP contribution in [0, 0.1) is 12.7 Å². The van der Waals surface area contributed by atoms with Gasteiger partial charge in [-0.25, -0.2) is 4.39 Å². The molecule has 0 radical (unpaired) electrons. The highest BCUT2D eigenvalue weighted by Crippen LogP contribution is 2.13. The van der Waals surface area contributed by atoms with Gasteiger partial charge in [0.05, 0.1) is 0 Å². The van der Waals surface area contributed by atoms with E-state index in [9.17, 15) is 14.0 Å². The number of rotatable bonds is 4. The number of amides is 2. The van der Waals surface area contributed by atoms with Gasteiger partial charge in [0.15, 0.2) is 0 Å². The molecule has 1 heterocycles. The molecule has 0 spiro atoms. The third kappa shape index (κ3) is 4.28. The molecule has 0 atom stereocenters. The van der Waals surface area contributed by atoms with Crippen LogP contribution in [-0.2, 0) is 11.2 Å². The van der Waals surface area contributed by atoms with Crippen LogP contribution in [0.5, 0.6) is 0 Å². The molecule has 1 fully saturated rings. The minimum Gasteiger partial charge on any atom is -0.339 e. The zero-order chi connectivity index (χ0) is 18.5. The molecule has 2 aromatic rings. The lowest BCUT2D eigenvalue weighted by Gasteiger charge is -2.35. The van der Waals surface area contributed by atoms with Gasteiger partial charge in [-0.15, -0.1) is 0 Å². The van der Waals surface area contributed by atoms with E-state index in [1.807, 2.05) is 17.0 Å². The molecule has 4 nitrogen and oxygen atoms in total. The second-order valence-corrected chi connectivity index (χ2v) is 6.61. The molecule has 1 aliphatic heterocycles. The molecule has 26 heavy (non-hydrogen) atoms. The van der Waals surface area contributed by atoms with Crippen LogP contribution >= 0.6 is 0 Å².